The second-order valence-electron chi connectivity index (χ2n) is 28.8. The summed E-state index contributed by atoms with van der Waals surface area (Å²) >= 11 is 0. The maximum atomic E-state index is 13.5. The first kappa shape index (κ1) is 80.1. The van der Waals surface area contributed by atoms with Crippen molar-refractivity contribution in [2.75, 3.05) is 39.6 Å². The van der Waals surface area contributed by atoms with Crippen molar-refractivity contribution in [3.63, 3.8) is 0 Å². The number of carboxylic acid groups (broad SMARTS) is 1. The van der Waals surface area contributed by atoms with Gasteiger partial charge in [-0.15, -0.1) is 0 Å². The summed E-state index contributed by atoms with van der Waals surface area (Å²) in [5.74, 6) is 1.32. The van der Waals surface area contributed by atoms with Gasteiger partial charge in [0.2, 0.25) is 0 Å². The molecule has 0 heterocycles. The molecule has 0 amide bonds. The van der Waals surface area contributed by atoms with Crippen LogP contribution in [0.1, 0.15) is 193 Å². The van der Waals surface area contributed by atoms with Gasteiger partial charge in [-0.3, -0.25) is 28.8 Å². The first-order valence-corrected chi connectivity index (χ1v) is 37.9. The molecular weight excluding hydrogens is 1320 g/mol. The van der Waals surface area contributed by atoms with Crippen LogP contribution in [-0.4, -0.2) is 109 Å². The molecule has 0 spiro atoms. The smallest absolute Gasteiger partial charge is 0.330 e. The van der Waals surface area contributed by atoms with Crippen LogP contribution in [0.25, 0.3) is 21.5 Å². The summed E-state index contributed by atoms with van der Waals surface area (Å²) in [5.41, 5.74) is 0. The number of hydrogen-bond donors (Lipinski definition) is 3. The lowest BCUT2D eigenvalue weighted by Gasteiger charge is -2.36. The molecular formula is C83H108O20. The molecule has 0 radical (unpaired) electrons. The highest BCUT2D eigenvalue weighted by Crippen LogP contribution is 2.46. The van der Waals surface area contributed by atoms with Gasteiger partial charge in [-0.2, -0.15) is 0 Å². The van der Waals surface area contributed by atoms with Crippen LogP contribution in [0.4, 0.5) is 0 Å². The zero-order valence-corrected chi connectivity index (χ0v) is 59.9. The summed E-state index contributed by atoms with van der Waals surface area (Å²) in [6, 6.07) is 21.2. The lowest BCUT2D eigenvalue weighted by Crippen LogP contribution is -2.31. The summed E-state index contributed by atoms with van der Waals surface area (Å²) in [4.78, 5) is 109. The van der Waals surface area contributed by atoms with E-state index >= 15 is 0 Å². The van der Waals surface area contributed by atoms with Crippen LogP contribution in [0.15, 0.2) is 111 Å². The number of esters is 8. The van der Waals surface area contributed by atoms with E-state index in [1.807, 2.05) is 36.4 Å². The molecule has 0 bridgehead atoms. The van der Waals surface area contributed by atoms with E-state index in [0.29, 0.717) is 123 Å². The number of aliphatic carboxylic acids is 1. The molecule has 4 aromatic rings. The second kappa shape index (κ2) is 42.3. The van der Waals surface area contributed by atoms with Crippen molar-refractivity contribution < 1.29 is 96.4 Å². The Morgan fingerprint density at radius 3 is 0.767 bits per heavy atom. The van der Waals surface area contributed by atoms with Crippen LogP contribution in [0.5, 0.6) is 23.0 Å². The highest BCUT2D eigenvalue weighted by molar-refractivity contribution is 5.96. The Morgan fingerprint density at radius 2 is 0.524 bits per heavy atom. The predicted octanol–water partition coefficient (Wildman–Crippen LogP) is 16.0. The Hall–Kier alpha value is -8.55. The molecule has 6 saturated carbocycles. The molecule has 10 rings (SSSR count). The highest BCUT2D eigenvalue weighted by Gasteiger charge is 2.39. The van der Waals surface area contributed by atoms with Gasteiger partial charge in [-0.05, 0) is 252 Å². The topological polar surface area (TPSA) is 288 Å². The minimum absolute atomic E-state index is 0.00444. The van der Waals surface area contributed by atoms with Crippen molar-refractivity contribution in [2.45, 2.75) is 193 Å². The minimum atomic E-state index is -0.654. The summed E-state index contributed by atoms with van der Waals surface area (Å²) in [7, 11) is 0. The van der Waals surface area contributed by atoms with Crippen LogP contribution in [0, 0.1) is 71.0 Å². The van der Waals surface area contributed by atoms with Gasteiger partial charge in [0.25, 0.3) is 0 Å². The van der Waals surface area contributed by atoms with E-state index in [1.165, 1.54) is 12.1 Å². The Kier molecular flexibility index (Phi) is 32.9. The lowest BCUT2D eigenvalue weighted by atomic mass is 9.69. The van der Waals surface area contributed by atoms with Crippen molar-refractivity contribution in [1.82, 2.24) is 0 Å². The largest absolute Gasteiger partial charge is 0.507 e. The Morgan fingerprint density at radius 1 is 0.301 bits per heavy atom. The van der Waals surface area contributed by atoms with Gasteiger partial charge in [0.05, 0.1) is 75.1 Å². The molecule has 3 N–H and O–H groups in total. The second-order valence-corrected chi connectivity index (χ2v) is 28.8. The molecule has 20 nitrogen and oxygen atoms in total. The number of hydrogen-bond acceptors (Lipinski definition) is 19. The molecule has 0 saturated heterocycles. The maximum Gasteiger partial charge on any atom is 0.330 e. The molecule has 6 fully saturated rings. The molecule has 0 atom stereocenters. The van der Waals surface area contributed by atoms with Gasteiger partial charge < -0.3 is 53.2 Å². The number of phenols is 2. The number of carbonyl (C=O) groups excluding carboxylic acids is 8. The van der Waals surface area contributed by atoms with Crippen LogP contribution >= 0.6 is 0 Å². The zero-order chi connectivity index (χ0) is 73.5. The van der Waals surface area contributed by atoms with Gasteiger partial charge in [0.1, 0.15) is 23.0 Å². The molecule has 6 aliphatic rings. The molecule has 6 aliphatic carbocycles. The first-order chi connectivity index (χ1) is 49.9. The van der Waals surface area contributed by atoms with Crippen molar-refractivity contribution in [1.29, 1.82) is 0 Å². The fourth-order valence-corrected chi connectivity index (χ4v) is 16.2. The fraction of sp³-hybridized carbons (Fsp3) is 0.578. The Labute approximate surface area is 605 Å². The number of aromatic hydroxyl groups is 2. The van der Waals surface area contributed by atoms with Gasteiger partial charge in [-0.25, -0.2) is 14.4 Å². The number of carbonyl (C=O) groups is 9. The van der Waals surface area contributed by atoms with E-state index in [4.69, 9.17) is 43.0 Å². The number of benzene rings is 4. The normalized spacial score (nSPS) is 24.6. The number of carboxylic acids is 1. The molecule has 0 aliphatic heterocycles. The molecule has 20 heteroatoms. The average molecular weight is 1430 g/mol. The third kappa shape index (κ3) is 25.1. The molecule has 560 valence electrons. The Balaban J connectivity index is 0.000000279. The van der Waals surface area contributed by atoms with Crippen molar-refractivity contribution in [2.24, 2.45) is 71.0 Å². The zero-order valence-electron chi connectivity index (χ0n) is 59.9. The fourth-order valence-electron chi connectivity index (χ4n) is 16.2. The summed E-state index contributed by atoms with van der Waals surface area (Å²) in [5, 5.41) is 30.7. The van der Waals surface area contributed by atoms with E-state index in [-0.39, 0.29) is 90.1 Å². The third-order valence-electron chi connectivity index (χ3n) is 22.4. The van der Waals surface area contributed by atoms with E-state index in [1.54, 1.807) is 24.3 Å². The molecule has 0 aromatic heterocycles. The predicted molar refractivity (Wildman–Crippen MR) is 387 cm³/mol. The quantitative estimate of drug-likeness (QED) is 0.0114. The van der Waals surface area contributed by atoms with Gasteiger partial charge in [0.15, 0.2) is 0 Å². The standard InChI is InChI=1S/C52H68O12.C21H32O6.C10H8O2/c1-3-47(53)59-31-7-9-33-61-49(55)39-21-13-35(14-22-39)37-17-25-41(26-18-37)51(57)63-45-29-30-46(44-12-6-5-11-43(44)45)64-52(58)42-27-19-38(20-28-42)36-15-23-40(24-16-36)50(56)62-34-10-8-32-60-48(54)4-2;1-2-19(22)26-13-3-4-14-27-21(25)18-11-7-16(8-12-18)15-5-9-17(10-6-15)20(23)24;11-9-5-6-10(12)8-4-2-1-3-7(8)9/h3-6,11-12,29-30,35-42H,1-2,7-10,13-28,31-34H2;2,15-18H,1,3-14H2,(H,23,24);1-6,11-12H. The summed E-state index contributed by atoms with van der Waals surface area (Å²) < 4.78 is 43.3. The van der Waals surface area contributed by atoms with Crippen LogP contribution in [0.2, 0.25) is 0 Å². The van der Waals surface area contributed by atoms with Gasteiger partial charge in [-0.1, -0.05) is 68.3 Å². The monoisotopic (exact) mass is 1420 g/mol. The first-order valence-electron chi connectivity index (χ1n) is 37.9. The number of fused-ring (bicyclic) bond motifs is 2. The highest BCUT2D eigenvalue weighted by atomic mass is 16.6. The number of ether oxygens (including phenoxy) is 8. The molecule has 103 heavy (non-hydrogen) atoms. The number of phenolic OH excluding ortho intramolecular Hbond substituents is 2. The van der Waals surface area contributed by atoms with E-state index in [2.05, 4.69) is 19.7 Å². The minimum Gasteiger partial charge on any atom is -0.507 e. The maximum absolute atomic E-state index is 13.5. The molecule has 0 unspecified atom stereocenters. The van der Waals surface area contributed by atoms with Gasteiger partial charge in [0, 0.05) is 39.8 Å². The number of unbranched alkanes of at least 4 members (excludes halogenated alkanes) is 3. The Bertz CT molecular complexity index is 3280. The summed E-state index contributed by atoms with van der Waals surface area (Å²) in [6.07, 6.45) is 29.0. The van der Waals surface area contributed by atoms with Crippen LogP contribution in [-0.2, 0) is 71.6 Å². The van der Waals surface area contributed by atoms with Crippen molar-refractivity contribution in [3.8, 4) is 23.0 Å². The third-order valence-corrected chi connectivity index (χ3v) is 22.4. The van der Waals surface area contributed by atoms with Crippen LogP contribution < -0.4 is 9.47 Å². The van der Waals surface area contributed by atoms with Crippen molar-refractivity contribution >= 4 is 75.3 Å². The van der Waals surface area contributed by atoms with E-state index < -0.39 is 23.9 Å². The van der Waals surface area contributed by atoms with E-state index in [9.17, 15) is 53.4 Å². The van der Waals surface area contributed by atoms with E-state index in [0.717, 1.165) is 183 Å². The van der Waals surface area contributed by atoms with Crippen molar-refractivity contribution in [3.05, 3.63) is 111 Å². The van der Waals surface area contributed by atoms with Gasteiger partial charge >= 0.3 is 53.7 Å². The molecule has 4 aromatic carbocycles. The van der Waals surface area contributed by atoms with Crippen LogP contribution in [0.3, 0.4) is 0 Å². The number of rotatable bonds is 29. The lowest BCUT2D eigenvalue weighted by molar-refractivity contribution is -0.151. The average Bonchev–Trinajstić information content (AvgIpc) is 0.801. The SMILES string of the molecule is C=CC(=O)OCCCCOC(=O)C1CCC(C2CCC(C(=O)O)CC2)CC1.C=CC(=O)OCCCCOC(=O)C1CCC(C2CCC(C(=O)Oc3ccc(OC(=O)C4CCC(C5CCC(C(=O)OCCCCOC(=O)C=C)CC5)CC4)c4ccccc34)CC2)CC1.Oc1ccc(O)c2ccccc12. The summed E-state index contributed by atoms with van der Waals surface area (Å²) in [6.45, 7) is 12.0.